The third kappa shape index (κ3) is 3.97. The topological polar surface area (TPSA) is 42.0 Å². The van der Waals surface area contributed by atoms with Gasteiger partial charge in [0.25, 0.3) is 0 Å². The van der Waals surface area contributed by atoms with Gasteiger partial charge in [-0.3, -0.25) is 4.79 Å². The van der Waals surface area contributed by atoms with Gasteiger partial charge in [0.1, 0.15) is 5.01 Å². The quantitative estimate of drug-likeness (QED) is 0.462. The summed E-state index contributed by atoms with van der Waals surface area (Å²) in [6.07, 6.45) is 0.380. The lowest BCUT2D eigenvalue weighted by molar-refractivity contribution is -0.115. The summed E-state index contributed by atoms with van der Waals surface area (Å²) in [4.78, 5) is 17.1. The van der Waals surface area contributed by atoms with Crippen LogP contribution in [0.5, 0.6) is 0 Å². The molecule has 28 heavy (non-hydrogen) atoms. The molecule has 1 amide bonds. The summed E-state index contributed by atoms with van der Waals surface area (Å²) in [7, 11) is 0. The largest absolute Gasteiger partial charge is 0.326 e. The highest BCUT2D eigenvalue weighted by atomic mass is 32.1. The van der Waals surface area contributed by atoms with E-state index in [1.165, 1.54) is 15.8 Å². The zero-order chi connectivity index (χ0) is 19.7. The molecule has 4 heteroatoms. The molecule has 0 aliphatic rings. The summed E-state index contributed by atoms with van der Waals surface area (Å²) < 4.78 is 1.20. The molecule has 140 valence electrons. The van der Waals surface area contributed by atoms with Gasteiger partial charge in [-0.2, -0.15) is 0 Å². The van der Waals surface area contributed by atoms with Gasteiger partial charge in [0.15, 0.2) is 0 Å². The Labute approximate surface area is 169 Å². The van der Waals surface area contributed by atoms with Gasteiger partial charge in [-0.05, 0) is 73.9 Å². The van der Waals surface area contributed by atoms with Crippen LogP contribution in [0.25, 0.3) is 20.8 Å². The summed E-state index contributed by atoms with van der Waals surface area (Å²) in [5.74, 6) is -0.00448. The number of aromatic nitrogens is 1. The van der Waals surface area contributed by atoms with Crippen molar-refractivity contribution in [1.82, 2.24) is 4.98 Å². The average molecular weight is 387 g/mol. The standard InChI is InChI=1S/C24H22N2OS/c1-15-4-6-19(17(3)12-15)14-23(27)25-20-9-7-18(8-10-20)24-26-21-11-5-16(2)13-22(21)28-24/h4-13H,14H2,1-3H3,(H,25,27). The molecule has 0 spiro atoms. The van der Waals surface area contributed by atoms with Gasteiger partial charge in [-0.25, -0.2) is 4.98 Å². The van der Waals surface area contributed by atoms with Crippen molar-refractivity contribution in [2.45, 2.75) is 27.2 Å². The van der Waals surface area contributed by atoms with E-state index in [1.807, 2.05) is 43.3 Å². The molecular formula is C24H22N2OS. The van der Waals surface area contributed by atoms with Crippen LogP contribution in [0, 0.1) is 20.8 Å². The molecule has 3 nitrogen and oxygen atoms in total. The summed E-state index contributed by atoms with van der Waals surface area (Å²) in [6, 6.07) is 20.4. The van der Waals surface area contributed by atoms with Crippen LogP contribution in [-0.2, 0) is 11.2 Å². The first-order chi connectivity index (χ1) is 13.5. The number of benzene rings is 3. The summed E-state index contributed by atoms with van der Waals surface area (Å²) in [5, 5.41) is 3.98. The number of amides is 1. The first-order valence-electron chi connectivity index (χ1n) is 9.31. The molecule has 1 aromatic heterocycles. The Balaban J connectivity index is 1.47. The first kappa shape index (κ1) is 18.4. The Bertz CT molecular complexity index is 1160. The fourth-order valence-corrected chi connectivity index (χ4v) is 4.34. The van der Waals surface area contributed by atoms with Crippen molar-refractivity contribution < 1.29 is 4.79 Å². The highest BCUT2D eigenvalue weighted by Gasteiger charge is 2.09. The van der Waals surface area contributed by atoms with Crippen LogP contribution in [0.15, 0.2) is 60.7 Å². The van der Waals surface area contributed by atoms with Gasteiger partial charge < -0.3 is 5.32 Å². The number of nitrogens with zero attached hydrogens (tertiary/aromatic N) is 1. The molecule has 4 rings (SSSR count). The number of anilines is 1. The first-order valence-corrected chi connectivity index (χ1v) is 10.1. The van der Waals surface area contributed by atoms with E-state index in [-0.39, 0.29) is 5.91 Å². The lowest BCUT2D eigenvalue weighted by atomic mass is 10.0. The minimum absolute atomic E-state index is 0.00448. The lowest BCUT2D eigenvalue weighted by Crippen LogP contribution is -2.15. The number of carbonyl (C=O) groups excluding carboxylic acids is 1. The van der Waals surface area contributed by atoms with Crippen LogP contribution in [0.2, 0.25) is 0 Å². The van der Waals surface area contributed by atoms with Gasteiger partial charge in [0, 0.05) is 11.3 Å². The lowest BCUT2D eigenvalue weighted by Gasteiger charge is -2.08. The number of hydrogen-bond acceptors (Lipinski definition) is 3. The Morgan fingerprint density at radius 3 is 2.39 bits per heavy atom. The number of aryl methyl sites for hydroxylation is 3. The van der Waals surface area contributed by atoms with Crippen LogP contribution >= 0.6 is 11.3 Å². The van der Waals surface area contributed by atoms with E-state index in [1.54, 1.807) is 11.3 Å². The van der Waals surface area contributed by atoms with E-state index in [0.29, 0.717) is 6.42 Å². The Morgan fingerprint density at radius 2 is 1.64 bits per heavy atom. The third-order valence-corrected chi connectivity index (χ3v) is 5.88. The zero-order valence-corrected chi connectivity index (χ0v) is 17.1. The van der Waals surface area contributed by atoms with E-state index in [2.05, 4.69) is 43.4 Å². The van der Waals surface area contributed by atoms with Crippen LogP contribution < -0.4 is 5.32 Å². The number of rotatable bonds is 4. The highest BCUT2D eigenvalue weighted by Crippen LogP contribution is 2.31. The van der Waals surface area contributed by atoms with Gasteiger partial charge in [-0.15, -0.1) is 11.3 Å². The van der Waals surface area contributed by atoms with E-state index < -0.39 is 0 Å². The van der Waals surface area contributed by atoms with Crippen molar-refractivity contribution in [2.75, 3.05) is 5.32 Å². The second-order valence-electron chi connectivity index (χ2n) is 7.22. The summed E-state index contributed by atoms with van der Waals surface area (Å²) >= 11 is 1.69. The highest BCUT2D eigenvalue weighted by molar-refractivity contribution is 7.21. The van der Waals surface area contributed by atoms with Crippen LogP contribution in [0.4, 0.5) is 5.69 Å². The maximum atomic E-state index is 12.4. The molecule has 0 saturated carbocycles. The van der Waals surface area contributed by atoms with E-state index in [9.17, 15) is 4.79 Å². The molecule has 0 aliphatic heterocycles. The molecule has 0 radical (unpaired) electrons. The monoisotopic (exact) mass is 386 g/mol. The van der Waals surface area contributed by atoms with Gasteiger partial charge >= 0.3 is 0 Å². The van der Waals surface area contributed by atoms with Crippen molar-refractivity contribution in [2.24, 2.45) is 0 Å². The molecule has 0 bridgehead atoms. The second-order valence-corrected chi connectivity index (χ2v) is 8.25. The molecule has 0 unspecified atom stereocenters. The predicted molar refractivity (Wildman–Crippen MR) is 118 cm³/mol. The number of fused-ring (bicyclic) bond motifs is 1. The normalized spacial score (nSPS) is 11.0. The van der Waals surface area contributed by atoms with Gasteiger partial charge in [0.05, 0.1) is 16.6 Å². The van der Waals surface area contributed by atoms with Crippen molar-refractivity contribution in [3.63, 3.8) is 0 Å². The van der Waals surface area contributed by atoms with Crippen molar-refractivity contribution in [3.05, 3.63) is 82.9 Å². The molecular weight excluding hydrogens is 364 g/mol. The SMILES string of the molecule is Cc1ccc(CC(=O)Nc2ccc(-c3nc4ccc(C)cc4s3)cc2)c(C)c1. The number of carbonyl (C=O) groups is 1. The predicted octanol–water partition coefficient (Wildman–Crippen LogP) is 6.07. The van der Waals surface area contributed by atoms with Crippen molar-refractivity contribution in [3.8, 4) is 10.6 Å². The number of thiazole rings is 1. The maximum absolute atomic E-state index is 12.4. The third-order valence-electron chi connectivity index (χ3n) is 4.81. The van der Waals surface area contributed by atoms with Crippen molar-refractivity contribution >= 4 is 33.1 Å². The molecule has 3 aromatic carbocycles. The Hall–Kier alpha value is -2.98. The minimum Gasteiger partial charge on any atom is -0.326 e. The average Bonchev–Trinajstić information content (AvgIpc) is 3.08. The van der Waals surface area contributed by atoms with E-state index in [4.69, 9.17) is 4.98 Å². The van der Waals surface area contributed by atoms with Crippen LogP contribution in [-0.4, -0.2) is 10.9 Å². The Morgan fingerprint density at radius 1 is 0.929 bits per heavy atom. The Kier molecular flexibility index (Phi) is 4.97. The molecule has 0 aliphatic carbocycles. The molecule has 4 aromatic rings. The fraction of sp³-hybridized carbons (Fsp3) is 0.167. The molecule has 0 atom stereocenters. The number of nitrogens with one attached hydrogen (secondary N) is 1. The smallest absolute Gasteiger partial charge is 0.228 e. The minimum atomic E-state index is -0.00448. The summed E-state index contributed by atoms with van der Waals surface area (Å²) in [5.41, 5.74) is 7.55. The van der Waals surface area contributed by atoms with Gasteiger partial charge in [-0.1, -0.05) is 29.8 Å². The maximum Gasteiger partial charge on any atom is 0.228 e. The number of hydrogen-bond donors (Lipinski definition) is 1. The fourth-order valence-electron chi connectivity index (χ4n) is 3.27. The van der Waals surface area contributed by atoms with E-state index in [0.717, 1.165) is 32.9 Å². The van der Waals surface area contributed by atoms with E-state index >= 15 is 0 Å². The zero-order valence-electron chi connectivity index (χ0n) is 16.2. The van der Waals surface area contributed by atoms with Crippen molar-refractivity contribution in [1.29, 1.82) is 0 Å². The summed E-state index contributed by atoms with van der Waals surface area (Å²) in [6.45, 7) is 6.20. The van der Waals surface area contributed by atoms with Gasteiger partial charge in [0.2, 0.25) is 5.91 Å². The van der Waals surface area contributed by atoms with Crippen LogP contribution in [0.1, 0.15) is 22.3 Å². The van der Waals surface area contributed by atoms with Crippen LogP contribution in [0.3, 0.4) is 0 Å². The molecule has 1 heterocycles. The molecule has 1 N–H and O–H groups in total. The second kappa shape index (κ2) is 7.56. The molecule has 0 saturated heterocycles. The molecule has 0 fully saturated rings.